The Morgan fingerprint density at radius 1 is 0.875 bits per heavy atom. The number of fused-ring (bicyclic) bond motifs is 2. The standard InChI is InChI=1S/C11H12P.C11H11.Zr/c1-12(2)11-7-9-5-3-4-6-10(9)8-11;1-8-6-7-9(2)11-5-3-4-10(8)11;/h3-8H,1-2H3;3-7H,1-2H3;/q2*-1;+2. The van der Waals surface area contributed by atoms with Gasteiger partial charge in [-0.05, 0) is 20.3 Å². The van der Waals surface area contributed by atoms with Crippen LogP contribution in [0, 0.1) is 13.8 Å². The molecule has 0 atom stereocenters. The van der Waals surface area contributed by atoms with Gasteiger partial charge in [0.25, 0.3) is 0 Å². The van der Waals surface area contributed by atoms with Crippen molar-refractivity contribution in [3.05, 3.63) is 77.9 Å². The predicted molar refractivity (Wildman–Crippen MR) is 107 cm³/mol. The molecule has 0 aliphatic carbocycles. The molecule has 2 heteroatoms. The van der Waals surface area contributed by atoms with Crippen LogP contribution in [0.3, 0.4) is 0 Å². The molecule has 4 aromatic rings. The Balaban J connectivity index is 0.000000167. The minimum absolute atomic E-state index is 0. The summed E-state index contributed by atoms with van der Waals surface area (Å²) in [6, 6.07) is 24.0. The Kier molecular flexibility index (Phi) is 6.73. The van der Waals surface area contributed by atoms with Crippen LogP contribution in [0.15, 0.2) is 66.7 Å². The van der Waals surface area contributed by atoms with Gasteiger partial charge in [-0.1, -0.05) is 24.6 Å². The van der Waals surface area contributed by atoms with Crippen LogP contribution in [0.5, 0.6) is 0 Å². The van der Waals surface area contributed by atoms with Crippen LogP contribution in [0.25, 0.3) is 21.5 Å². The summed E-state index contributed by atoms with van der Waals surface area (Å²) in [6.45, 7) is 8.90. The van der Waals surface area contributed by atoms with Crippen LogP contribution in [0.2, 0.25) is 0 Å². The fourth-order valence-corrected chi connectivity index (χ4v) is 3.72. The Morgan fingerprint density at radius 3 is 2.25 bits per heavy atom. The van der Waals surface area contributed by atoms with E-state index in [0.717, 1.165) is 0 Å². The number of benzene rings is 2. The maximum Gasteiger partial charge on any atom is 2.00 e. The van der Waals surface area contributed by atoms with Crippen molar-refractivity contribution in [1.29, 1.82) is 0 Å². The number of aryl methyl sites for hydroxylation is 2. The van der Waals surface area contributed by atoms with E-state index >= 15 is 0 Å². The Hall–Kier alpha value is -1.03. The van der Waals surface area contributed by atoms with Gasteiger partial charge in [-0.3, -0.25) is 0 Å². The van der Waals surface area contributed by atoms with Crippen LogP contribution in [0.4, 0.5) is 0 Å². The summed E-state index contributed by atoms with van der Waals surface area (Å²) in [4.78, 5) is 0. The van der Waals surface area contributed by atoms with Gasteiger partial charge in [-0.25, -0.2) is 0 Å². The van der Waals surface area contributed by atoms with Gasteiger partial charge in [0.05, 0.1) is 0 Å². The number of hydrogen-bond acceptors (Lipinski definition) is 0. The molecule has 4 rings (SSSR count). The van der Waals surface area contributed by atoms with E-state index in [1.807, 2.05) is 0 Å². The van der Waals surface area contributed by atoms with Gasteiger partial charge in [0.15, 0.2) is 0 Å². The van der Waals surface area contributed by atoms with E-state index in [4.69, 9.17) is 0 Å². The second-order valence-corrected chi connectivity index (χ2v) is 8.59. The predicted octanol–water partition coefficient (Wildman–Crippen LogP) is 6.10. The molecule has 0 radical (unpaired) electrons. The van der Waals surface area contributed by atoms with E-state index in [9.17, 15) is 0 Å². The molecule has 0 nitrogen and oxygen atoms in total. The van der Waals surface area contributed by atoms with Gasteiger partial charge < -0.3 is 0 Å². The minimum Gasteiger partial charge on any atom is -0.168 e. The molecule has 0 bridgehead atoms. The summed E-state index contributed by atoms with van der Waals surface area (Å²) in [5.41, 5.74) is 2.74. The molecule has 4 aromatic carbocycles. The fourth-order valence-electron chi connectivity index (χ4n) is 2.93. The van der Waals surface area contributed by atoms with Crippen molar-refractivity contribution in [3.63, 3.8) is 0 Å². The Morgan fingerprint density at radius 2 is 1.58 bits per heavy atom. The van der Waals surface area contributed by atoms with Gasteiger partial charge in [0, 0.05) is 0 Å². The van der Waals surface area contributed by atoms with Crippen LogP contribution in [-0.4, -0.2) is 13.3 Å². The first-order valence-corrected chi connectivity index (χ1v) is 10.2. The normalized spacial score (nSPS) is 10.5. The van der Waals surface area contributed by atoms with Crippen molar-refractivity contribution >= 4 is 34.8 Å². The zero-order chi connectivity index (χ0) is 16.4. The molecule has 0 aliphatic heterocycles. The summed E-state index contributed by atoms with van der Waals surface area (Å²) >= 11 is 0. The quantitative estimate of drug-likeness (QED) is 0.263. The number of hydrogen-bond donors (Lipinski definition) is 0. The van der Waals surface area contributed by atoms with Crippen molar-refractivity contribution in [3.8, 4) is 0 Å². The van der Waals surface area contributed by atoms with Crippen molar-refractivity contribution in [2.45, 2.75) is 13.8 Å². The van der Waals surface area contributed by atoms with E-state index in [1.54, 1.807) is 0 Å². The molecule has 0 saturated carbocycles. The molecule has 0 aliphatic rings. The van der Waals surface area contributed by atoms with Crippen molar-refractivity contribution in [2.75, 3.05) is 13.3 Å². The van der Waals surface area contributed by atoms with Crippen LogP contribution >= 0.6 is 7.92 Å². The summed E-state index contributed by atoms with van der Waals surface area (Å²) < 4.78 is 0. The first-order valence-electron chi connectivity index (χ1n) is 8.00. The first-order chi connectivity index (χ1) is 11.1. The maximum atomic E-state index is 2.31. The van der Waals surface area contributed by atoms with Crippen molar-refractivity contribution < 1.29 is 26.2 Å². The van der Waals surface area contributed by atoms with Gasteiger partial charge in [-0.2, -0.15) is 18.2 Å². The molecule has 0 saturated heterocycles. The van der Waals surface area contributed by atoms with Crippen LogP contribution < -0.4 is 5.30 Å². The zero-order valence-corrected chi connectivity index (χ0v) is 18.2. The molecule has 0 aromatic heterocycles. The summed E-state index contributed by atoms with van der Waals surface area (Å²) in [7, 11) is 0.0576. The average molecular weight is 410 g/mol. The Bertz CT molecular complexity index is 858. The molecular formula is C22H23PZr. The van der Waals surface area contributed by atoms with Gasteiger partial charge in [0.2, 0.25) is 0 Å². The fraction of sp³-hybridized carbons (Fsp3) is 0.182. The second kappa shape index (κ2) is 8.37. The van der Waals surface area contributed by atoms with Crippen LogP contribution in [-0.2, 0) is 26.2 Å². The SMILES string of the molecule is CP(C)c1cc2ccccc2[cH-]1.Cc1ccc(C)c2[cH-]ccc12.[Zr+2]. The topological polar surface area (TPSA) is 0 Å². The molecular weight excluding hydrogens is 386 g/mol. The molecule has 24 heavy (non-hydrogen) atoms. The molecule has 0 fully saturated rings. The third-order valence-electron chi connectivity index (χ3n) is 4.37. The Labute approximate surface area is 165 Å². The van der Waals surface area contributed by atoms with Crippen molar-refractivity contribution in [2.24, 2.45) is 0 Å². The molecule has 0 N–H and O–H groups in total. The monoisotopic (exact) mass is 408 g/mol. The second-order valence-electron chi connectivity index (χ2n) is 6.29. The van der Waals surface area contributed by atoms with E-state index in [-0.39, 0.29) is 34.1 Å². The average Bonchev–Trinajstić information content (AvgIpc) is 3.18. The zero-order valence-electron chi connectivity index (χ0n) is 14.8. The molecule has 0 heterocycles. The summed E-state index contributed by atoms with van der Waals surface area (Å²) in [5.74, 6) is 0. The summed E-state index contributed by atoms with van der Waals surface area (Å²) in [5, 5.41) is 7.05. The first kappa shape index (κ1) is 19.3. The van der Waals surface area contributed by atoms with E-state index in [2.05, 4.69) is 93.9 Å². The van der Waals surface area contributed by atoms with E-state index in [1.165, 1.54) is 38.0 Å². The molecule has 0 spiro atoms. The van der Waals surface area contributed by atoms with Gasteiger partial charge in [-0.15, -0.1) is 76.7 Å². The maximum absolute atomic E-state index is 2.31. The van der Waals surface area contributed by atoms with Crippen LogP contribution in [0.1, 0.15) is 11.1 Å². The minimum atomic E-state index is 0. The smallest absolute Gasteiger partial charge is 0.168 e. The largest absolute Gasteiger partial charge is 2.00 e. The molecule has 120 valence electrons. The number of rotatable bonds is 1. The third kappa shape index (κ3) is 4.14. The molecule has 0 unspecified atom stereocenters. The van der Waals surface area contributed by atoms with E-state index in [0.29, 0.717) is 0 Å². The molecule has 0 amide bonds. The van der Waals surface area contributed by atoms with Crippen molar-refractivity contribution in [1.82, 2.24) is 0 Å². The summed E-state index contributed by atoms with van der Waals surface area (Å²) in [6.07, 6.45) is 0. The van der Waals surface area contributed by atoms with Gasteiger partial charge >= 0.3 is 26.2 Å². The van der Waals surface area contributed by atoms with E-state index < -0.39 is 0 Å². The third-order valence-corrected chi connectivity index (χ3v) is 5.66. The van der Waals surface area contributed by atoms with Gasteiger partial charge in [0.1, 0.15) is 0 Å².